The Labute approximate surface area is 433 Å². The number of nitrogens with two attached hydrogens (primary N) is 2. The summed E-state index contributed by atoms with van der Waals surface area (Å²) < 4.78 is 21.1. The van der Waals surface area contributed by atoms with Gasteiger partial charge in [0.1, 0.15) is 17.1 Å². The molecule has 0 aliphatic heterocycles. The third kappa shape index (κ3) is 21.9. The molecule has 23 nitrogen and oxygen atoms in total. The number of anilines is 2. The molecule has 0 saturated carbocycles. The molecule has 4 heterocycles. The number of nitrogens with zero attached hydrogens (tertiary/aromatic N) is 8. The van der Waals surface area contributed by atoms with Gasteiger partial charge in [0, 0.05) is 70.9 Å². The second kappa shape index (κ2) is 32.7. The van der Waals surface area contributed by atoms with Gasteiger partial charge in [0.2, 0.25) is 0 Å². The van der Waals surface area contributed by atoms with E-state index >= 15 is 0 Å². The molecule has 8 N–H and O–H groups in total. The maximum atomic E-state index is 11.8. The van der Waals surface area contributed by atoms with Crippen molar-refractivity contribution in [3.8, 4) is 5.75 Å². The number of aromatic nitrogens is 8. The minimum atomic E-state index is -0.949. The van der Waals surface area contributed by atoms with Crippen LogP contribution in [-0.2, 0) is 50.8 Å². The van der Waals surface area contributed by atoms with Crippen molar-refractivity contribution in [1.82, 2.24) is 44.4 Å². The Balaban J connectivity index is 0.000000924. The zero-order valence-electron chi connectivity index (χ0n) is 40.8. The second-order valence-electron chi connectivity index (χ2n) is 13.7. The van der Waals surface area contributed by atoms with Gasteiger partial charge in [-0.15, -0.1) is 0 Å². The Morgan fingerprint density at radius 3 is 1.39 bits per heavy atom. The Kier molecular flexibility index (Phi) is 28.1. The van der Waals surface area contributed by atoms with Crippen molar-refractivity contribution in [3.05, 3.63) is 162 Å². The minimum absolute atomic E-state index is 0. The summed E-state index contributed by atoms with van der Waals surface area (Å²) in [4.78, 5) is 67.1. The van der Waals surface area contributed by atoms with Crippen molar-refractivity contribution in [2.24, 2.45) is 39.7 Å². The van der Waals surface area contributed by atoms with Crippen molar-refractivity contribution in [1.29, 1.82) is 0 Å². The van der Waals surface area contributed by atoms with E-state index < -0.39 is 23.9 Å². The van der Waals surface area contributed by atoms with E-state index in [0.717, 1.165) is 11.4 Å². The smallest absolute Gasteiger partial charge is 1.00 e. The number of carbonyl (C=O) groups is 6. The van der Waals surface area contributed by atoms with Gasteiger partial charge in [0.05, 0.1) is 42.3 Å². The van der Waals surface area contributed by atoms with Crippen LogP contribution in [0.2, 0.25) is 0 Å². The topological polar surface area (TPSA) is 310 Å². The van der Waals surface area contributed by atoms with Gasteiger partial charge in [-0.25, -0.2) is 24.0 Å². The average molecular weight is 988 g/mol. The molecule has 0 radical (unpaired) electrons. The molecule has 4 amide bonds. The fraction of sp³-hybridized carbons (Fsp3) is 0.217. The molecule has 4 aromatic heterocycles. The SMILES string of the molecule is CCOC(=O)c1ccc(NC(=O)NCc2ccnn2C)cc1.CCOC(=O)c1ccc(NC(=O)Oc2ccccc2)cc1.Cn1nccc1C(=O)O.Cn1nccc1C(N)=O.Cn1nccc1CN.[AlH3].[H-].[Li+]. The van der Waals surface area contributed by atoms with E-state index in [4.69, 9.17) is 30.8 Å². The molecule has 0 spiro atoms. The van der Waals surface area contributed by atoms with Gasteiger partial charge in [0.25, 0.3) is 5.91 Å². The van der Waals surface area contributed by atoms with Crippen LogP contribution in [0.25, 0.3) is 0 Å². The van der Waals surface area contributed by atoms with E-state index in [2.05, 4.69) is 36.3 Å². The minimum Gasteiger partial charge on any atom is -1.00 e. The van der Waals surface area contributed by atoms with Crippen molar-refractivity contribution in [3.63, 3.8) is 0 Å². The summed E-state index contributed by atoms with van der Waals surface area (Å²) in [5.41, 5.74) is 14.9. The van der Waals surface area contributed by atoms with Crippen LogP contribution in [0.1, 0.15) is 68.4 Å². The maximum absolute atomic E-state index is 11.8. The summed E-state index contributed by atoms with van der Waals surface area (Å²) in [7, 11) is 6.94. The molecule has 0 aliphatic carbocycles. The van der Waals surface area contributed by atoms with Gasteiger partial charge in [-0.3, -0.25) is 28.8 Å². The van der Waals surface area contributed by atoms with E-state index in [0.29, 0.717) is 60.2 Å². The number of aryl methyl sites for hydroxylation is 4. The van der Waals surface area contributed by atoms with E-state index in [1.807, 2.05) is 32.3 Å². The molecule has 3 aromatic carbocycles. The third-order valence-electron chi connectivity index (χ3n) is 8.85. The van der Waals surface area contributed by atoms with Crippen molar-refractivity contribution < 1.29 is 68.4 Å². The molecule has 372 valence electrons. The molecule has 0 saturated heterocycles. The van der Waals surface area contributed by atoms with Gasteiger partial charge in [-0.05, 0) is 98.8 Å². The number of hydrogen-bond donors (Lipinski definition) is 6. The number of carboxylic acids is 1. The van der Waals surface area contributed by atoms with Crippen LogP contribution >= 0.6 is 0 Å². The van der Waals surface area contributed by atoms with Gasteiger partial charge < -0.3 is 42.8 Å². The first kappa shape index (κ1) is 61.0. The van der Waals surface area contributed by atoms with Crippen molar-refractivity contribution in [2.75, 3.05) is 23.8 Å². The zero-order valence-corrected chi connectivity index (χ0v) is 39.8. The number of primary amides is 1. The standard InChI is InChI=1S/C16H15NO4.C15H18N4O3.C5H7N3O.C5H9N3.C5H6N2O2.Al.Li.4H/c1-2-20-15(18)12-8-10-13(11-9-12)17-16(19)21-14-6-4-3-5-7-14;1-3-22-14(20)11-4-6-12(7-5-11)18-15(21)16-10-13-8-9-17-19(13)2;1-8-4(5(6)9)2-3-7-8;1-8-5(4-6)2-3-7-8;1-7-4(5(8)9)2-3-6-7;;;;;;/h3-11H,2H2,1H3,(H,17,19);4-9H,3,10H2,1-2H3,(H2,16,18,21);2-3H,1H3,(H2,6,9);2-3H,4,6H2,1H3;2-3H,1H3,(H,8,9);;;;;;/q;;;;;;+1;;;;-1. The fourth-order valence-corrected chi connectivity index (χ4v) is 5.27. The first-order valence-corrected chi connectivity index (χ1v) is 20.8. The average Bonchev–Trinajstić information content (AvgIpc) is 4.16. The first-order valence-electron chi connectivity index (χ1n) is 20.8. The predicted octanol–water partition coefficient (Wildman–Crippen LogP) is 0.841. The fourth-order valence-electron chi connectivity index (χ4n) is 5.27. The van der Waals surface area contributed by atoms with Crippen LogP contribution in [-0.4, -0.2) is 111 Å². The molecule has 7 rings (SSSR count). The van der Waals surface area contributed by atoms with E-state index in [-0.39, 0.29) is 55.3 Å². The van der Waals surface area contributed by atoms with Gasteiger partial charge in [-0.2, -0.15) is 20.4 Å². The number of urea groups is 1. The largest absolute Gasteiger partial charge is 1.00 e. The van der Waals surface area contributed by atoms with E-state index in [1.165, 1.54) is 27.8 Å². The Morgan fingerprint density at radius 2 is 1.04 bits per heavy atom. The molecule has 0 fully saturated rings. The van der Waals surface area contributed by atoms with Gasteiger partial charge in [0.15, 0.2) is 17.4 Å². The maximum Gasteiger partial charge on any atom is 1.00 e. The van der Waals surface area contributed by atoms with E-state index in [1.54, 1.807) is 129 Å². The molecule has 0 atom stereocenters. The number of para-hydroxylation sites is 1. The quantitative estimate of drug-likeness (QED) is 0.0730. The molecule has 71 heavy (non-hydrogen) atoms. The summed E-state index contributed by atoms with van der Waals surface area (Å²) >= 11 is 0. The van der Waals surface area contributed by atoms with Gasteiger partial charge in [-0.1, -0.05) is 18.2 Å². The number of carbonyl (C=O) groups excluding carboxylic acids is 5. The van der Waals surface area contributed by atoms with Gasteiger partial charge >= 0.3 is 48.9 Å². The molecule has 7 aromatic rings. The summed E-state index contributed by atoms with van der Waals surface area (Å²) in [6.07, 6.45) is 5.79. The molecule has 0 unspecified atom stereocenters. The number of rotatable bonds is 12. The number of esters is 2. The molecular weight excluding hydrogens is 929 g/mol. The summed E-state index contributed by atoms with van der Waals surface area (Å²) in [5.74, 6) is -1.71. The molecule has 25 heteroatoms. The van der Waals surface area contributed by atoms with Crippen LogP contribution in [0.4, 0.5) is 21.0 Å². The number of carboxylic acid groups (broad SMARTS) is 1. The third-order valence-corrected chi connectivity index (χ3v) is 8.85. The normalized spacial score (nSPS) is 9.51. The van der Waals surface area contributed by atoms with E-state index in [9.17, 15) is 28.8 Å². The second-order valence-corrected chi connectivity index (χ2v) is 13.7. The van der Waals surface area contributed by atoms with Crippen LogP contribution in [0, 0.1) is 0 Å². The van der Waals surface area contributed by atoms with Crippen LogP contribution in [0.3, 0.4) is 0 Å². The summed E-state index contributed by atoms with van der Waals surface area (Å²) in [5, 5.41) is 31.8. The predicted molar refractivity (Wildman–Crippen MR) is 264 cm³/mol. The Bertz CT molecular complexity index is 2670. The monoisotopic (exact) mass is 987 g/mol. The number of nitrogens with one attached hydrogen (secondary N) is 3. The Morgan fingerprint density at radius 1 is 0.606 bits per heavy atom. The molecule has 0 aliphatic rings. The number of hydrogen-bond acceptors (Lipinski definition) is 14. The first-order chi connectivity index (χ1) is 33.1. The van der Waals surface area contributed by atoms with Crippen molar-refractivity contribution >= 4 is 64.7 Å². The van der Waals surface area contributed by atoms with Crippen LogP contribution < -0.4 is 51.0 Å². The molecular formula is C46H59AlLiN13O10. The Hall–Kier alpha value is -7.99. The number of benzene rings is 3. The van der Waals surface area contributed by atoms with Crippen molar-refractivity contribution in [2.45, 2.75) is 26.9 Å². The number of ether oxygens (including phenoxy) is 3. The number of aromatic carboxylic acids is 1. The summed E-state index contributed by atoms with van der Waals surface area (Å²) in [6, 6.07) is 28.1. The summed E-state index contributed by atoms with van der Waals surface area (Å²) in [6.45, 7) is 5.09. The number of amides is 4. The zero-order chi connectivity index (χ0) is 50.7. The van der Waals surface area contributed by atoms with Crippen LogP contribution in [0.5, 0.6) is 5.75 Å². The molecule has 0 bridgehead atoms. The van der Waals surface area contributed by atoms with Crippen LogP contribution in [0.15, 0.2) is 128 Å².